The van der Waals surface area contributed by atoms with E-state index in [4.69, 9.17) is 18.9 Å². The molecule has 40 heavy (non-hydrogen) atoms. The third kappa shape index (κ3) is 7.64. The first-order valence-corrected chi connectivity index (χ1v) is 13.6. The van der Waals surface area contributed by atoms with E-state index in [1.54, 1.807) is 0 Å². The predicted molar refractivity (Wildman–Crippen MR) is 155 cm³/mol. The lowest BCUT2D eigenvalue weighted by Gasteiger charge is -2.23. The lowest BCUT2D eigenvalue weighted by atomic mass is 10.1. The van der Waals surface area contributed by atoms with Crippen LogP contribution < -0.4 is 0 Å². The van der Waals surface area contributed by atoms with E-state index in [0.717, 1.165) is 27.0 Å². The maximum atomic E-state index is 13.8. The summed E-state index contributed by atoms with van der Waals surface area (Å²) in [5.41, 5.74) is 4.65. The summed E-state index contributed by atoms with van der Waals surface area (Å²) in [6.45, 7) is 1.85. The molecule has 0 N–H and O–H groups in total. The summed E-state index contributed by atoms with van der Waals surface area (Å²) in [7, 11) is 0. The summed E-state index contributed by atoms with van der Waals surface area (Å²) >= 11 is 0. The van der Waals surface area contributed by atoms with Crippen LogP contribution in [0.5, 0.6) is 0 Å². The average molecular weight is 538 g/mol. The van der Waals surface area contributed by atoms with Crippen LogP contribution >= 0.6 is 0 Å². The molecule has 0 aliphatic carbocycles. The van der Waals surface area contributed by atoms with E-state index >= 15 is 0 Å². The van der Waals surface area contributed by atoms with Crippen LogP contribution in [0.2, 0.25) is 0 Å². The first-order chi connectivity index (χ1) is 19.8. The summed E-state index contributed by atoms with van der Waals surface area (Å²) in [4.78, 5) is 0. The quantitative estimate of drug-likeness (QED) is 0.148. The monoisotopic (exact) mass is 537 g/mol. The molecule has 1 aliphatic rings. The summed E-state index contributed by atoms with van der Waals surface area (Å²) in [6, 6.07) is 39.2. The lowest BCUT2D eigenvalue weighted by Crippen LogP contribution is -2.42. The molecule has 0 fully saturated rings. The van der Waals surface area contributed by atoms with Gasteiger partial charge in [0.15, 0.2) is 12.2 Å². The molecule has 6 heteroatoms. The van der Waals surface area contributed by atoms with Gasteiger partial charge in [-0.3, -0.25) is 0 Å². The second-order valence-electron chi connectivity index (χ2n) is 9.84. The first-order valence-electron chi connectivity index (χ1n) is 13.6. The fourth-order valence-corrected chi connectivity index (χ4v) is 4.81. The third-order valence-corrected chi connectivity index (χ3v) is 6.91. The number of hydroxylamine groups is 1. The van der Waals surface area contributed by atoms with Crippen molar-refractivity contribution < 1.29 is 23.7 Å². The molecule has 0 spiro atoms. The highest BCUT2D eigenvalue weighted by atomic mass is 16.6. The number of nitrogens with zero attached hydrogens (tertiary/aromatic N) is 1. The van der Waals surface area contributed by atoms with Gasteiger partial charge in [-0.25, -0.2) is 4.74 Å². The highest BCUT2D eigenvalue weighted by Gasteiger charge is 2.50. The number of hydrogen-bond acceptors (Lipinski definition) is 5. The minimum Gasteiger partial charge on any atom is -0.623 e. The van der Waals surface area contributed by atoms with Crippen LogP contribution in [0.25, 0.3) is 0 Å². The Morgan fingerprint density at radius 3 is 1.43 bits per heavy atom. The van der Waals surface area contributed by atoms with E-state index in [1.807, 2.05) is 121 Å². The van der Waals surface area contributed by atoms with Crippen LogP contribution in [-0.4, -0.2) is 41.9 Å². The van der Waals surface area contributed by atoms with Gasteiger partial charge in [-0.1, -0.05) is 121 Å². The summed E-state index contributed by atoms with van der Waals surface area (Å²) < 4.78 is 26.0. The molecular weight excluding hydrogens is 502 g/mol. The third-order valence-electron chi connectivity index (χ3n) is 6.91. The maximum absolute atomic E-state index is 13.8. The van der Waals surface area contributed by atoms with Crippen molar-refractivity contribution in [2.45, 2.75) is 44.7 Å². The normalized spacial score (nSPS) is 18.8. The molecule has 4 aromatic carbocycles. The molecular formula is C34H35NO5. The number of rotatable bonds is 14. The van der Waals surface area contributed by atoms with Crippen LogP contribution in [0.4, 0.5) is 0 Å². The van der Waals surface area contributed by atoms with Crippen molar-refractivity contribution >= 4 is 5.71 Å². The van der Waals surface area contributed by atoms with Crippen molar-refractivity contribution in [1.82, 2.24) is 0 Å². The van der Waals surface area contributed by atoms with E-state index < -0.39 is 18.2 Å². The molecule has 0 amide bonds. The van der Waals surface area contributed by atoms with E-state index in [-0.39, 0.29) is 13.2 Å². The smallest absolute Gasteiger partial charge is 0.221 e. The van der Waals surface area contributed by atoms with Gasteiger partial charge >= 0.3 is 0 Å². The van der Waals surface area contributed by atoms with Gasteiger partial charge in [-0.15, -0.1) is 0 Å². The number of ether oxygens (including phenoxy) is 4. The van der Waals surface area contributed by atoms with E-state index in [2.05, 4.69) is 0 Å². The fourth-order valence-electron chi connectivity index (χ4n) is 4.81. The number of benzene rings is 4. The Bertz CT molecular complexity index is 1320. The molecule has 1 aliphatic heterocycles. The zero-order chi connectivity index (χ0) is 27.4. The number of hydrogen-bond donors (Lipinski definition) is 0. The molecule has 0 saturated carbocycles. The van der Waals surface area contributed by atoms with Gasteiger partial charge in [-0.05, 0) is 22.3 Å². The van der Waals surface area contributed by atoms with Crippen molar-refractivity contribution in [2.24, 2.45) is 0 Å². The van der Waals surface area contributed by atoms with Crippen molar-refractivity contribution in [2.75, 3.05) is 13.2 Å². The summed E-state index contributed by atoms with van der Waals surface area (Å²) in [5.74, 6) is 0. The minimum atomic E-state index is -0.581. The fraction of sp³-hybridized carbons (Fsp3) is 0.265. The molecule has 0 radical (unpaired) electrons. The van der Waals surface area contributed by atoms with E-state index in [0.29, 0.717) is 32.1 Å². The topological polar surface area (TPSA) is 63.0 Å². The van der Waals surface area contributed by atoms with Gasteiger partial charge in [0.25, 0.3) is 0 Å². The van der Waals surface area contributed by atoms with Crippen molar-refractivity contribution in [3.63, 3.8) is 0 Å². The zero-order valence-corrected chi connectivity index (χ0v) is 22.5. The molecule has 0 bridgehead atoms. The standard InChI is InChI=1S/C34H35NO5/c36-35-31(25-37-21-27-13-5-1-6-14-27)33(39-23-29-17-9-3-10-18-29)34(40-24-30-19-11-4-12-20-30)32(35)26-38-22-28-15-7-2-8-16-28/h1-20,31,33-34H,21-26H2/t31-,33-,34-/m1/s1. The zero-order valence-electron chi connectivity index (χ0n) is 22.5. The van der Waals surface area contributed by atoms with Crippen molar-refractivity contribution in [1.29, 1.82) is 0 Å². The van der Waals surface area contributed by atoms with E-state index in [9.17, 15) is 5.21 Å². The van der Waals surface area contributed by atoms with Gasteiger partial charge < -0.3 is 24.2 Å². The molecule has 0 saturated heterocycles. The molecule has 1 heterocycles. The molecule has 0 unspecified atom stereocenters. The van der Waals surface area contributed by atoms with Crippen LogP contribution in [-0.2, 0) is 45.4 Å². The lowest BCUT2D eigenvalue weighted by molar-refractivity contribution is -0.509. The highest BCUT2D eigenvalue weighted by Crippen LogP contribution is 2.25. The first kappa shape index (κ1) is 27.7. The Morgan fingerprint density at radius 2 is 0.925 bits per heavy atom. The summed E-state index contributed by atoms with van der Waals surface area (Å²) in [6.07, 6.45) is -1.12. The van der Waals surface area contributed by atoms with Gasteiger partial charge in [0.05, 0.1) is 26.4 Å². The van der Waals surface area contributed by atoms with Crippen LogP contribution in [0, 0.1) is 5.21 Å². The second-order valence-corrected chi connectivity index (χ2v) is 9.84. The Kier molecular flexibility index (Phi) is 10.1. The van der Waals surface area contributed by atoms with Crippen LogP contribution in [0.1, 0.15) is 22.3 Å². The van der Waals surface area contributed by atoms with Crippen molar-refractivity contribution in [3.05, 3.63) is 149 Å². The van der Waals surface area contributed by atoms with Gasteiger partial charge in [0, 0.05) is 0 Å². The van der Waals surface area contributed by atoms with Crippen molar-refractivity contribution in [3.8, 4) is 0 Å². The maximum Gasteiger partial charge on any atom is 0.221 e. The largest absolute Gasteiger partial charge is 0.623 e. The predicted octanol–water partition coefficient (Wildman–Crippen LogP) is 5.92. The van der Waals surface area contributed by atoms with Gasteiger partial charge in [-0.2, -0.15) is 0 Å². The molecule has 5 rings (SSSR count). The SMILES string of the molecule is [O-][N+]1=C(COCc2ccccc2)[C@@H](OCc2ccccc2)[C@H](OCc2ccccc2)[C@H]1COCc1ccccc1. The summed E-state index contributed by atoms with van der Waals surface area (Å²) in [5, 5.41) is 13.8. The Balaban J connectivity index is 1.35. The van der Waals surface area contributed by atoms with Crippen LogP contribution in [0.15, 0.2) is 121 Å². The second kappa shape index (κ2) is 14.5. The van der Waals surface area contributed by atoms with Crippen LogP contribution in [0.3, 0.4) is 0 Å². The minimum absolute atomic E-state index is 0.137. The van der Waals surface area contributed by atoms with Gasteiger partial charge in [0.2, 0.25) is 11.8 Å². The van der Waals surface area contributed by atoms with E-state index in [1.165, 1.54) is 0 Å². The average Bonchev–Trinajstić information content (AvgIpc) is 3.26. The molecule has 4 aromatic rings. The molecule has 3 atom stereocenters. The Morgan fingerprint density at radius 1 is 0.500 bits per heavy atom. The Hall–Kier alpha value is -3.81. The molecule has 0 aromatic heterocycles. The Labute approximate surface area is 236 Å². The highest BCUT2D eigenvalue weighted by molar-refractivity contribution is 5.87. The molecule has 206 valence electrons. The van der Waals surface area contributed by atoms with Gasteiger partial charge in [0.1, 0.15) is 13.2 Å². The molecule has 6 nitrogen and oxygen atoms in total.